The first-order valence-corrected chi connectivity index (χ1v) is 13.4. The third-order valence-corrected chi connectivity index (χ3v) is 8.66. The van der Waals surface area contributed by atoms with Crippen LogP contribution in [0.2, 0.25) is 5.02 Å². The average molecular weight is 539 g/mol. The molecule has 192 valence electrons. The molecule has 1 aromatic heterocycles. The number of rotatable bonds is 7. The van der Waals surface area contributed by atoms with Crippen molar-refractivity contribution in [1.82, 2.24) is 19.4 Å². The molecule has 0 spiro atoms. The van der Waals surface area contributed by atoms with Gasteiger partial charge in [0.15, 0.2) is 0 Å². The third-order valence-electron chi connectivity index (χ3n) is 6.73. The Kier molecular flexibility index (Phi) is 6.42. The van der Waals surface area contributed by atoms with Crippen LogP contribution in [0.25, 0.3) is 10.9 Å². The second-order valence-corrected chi connectivity index (χ2v) is 11.7. The van der Waals surface area contributed by atoms with Crippen LogP contribution in [-0.2, 0) is 21.4 Å². The largest absolute Gasteiger partial charge is 0.445 e. The fourth-order valence-electron chi connectivity index (χ4n) is 4.47. The van der Waals surface area contributed by atoms with Gasteiger partial charge in [0.1, 0.15) is 6.61 Å². The quantitative estimate of drug-likeness (QED) is 0.469. The van der Waals surface area contributed by atoms with Gasteiger partial charge in [-0.05, 0) is 43.9 Å². The predicted octanol–water partition coefficient (Wildman–Crippen LogP) is 4.74. The van der Waals surface area contributed by atoms with Gasteiger partial charge in [-0.25, -0.2) is 26.7 Å². The summed E-state index contributed by atoms with van der Waals surface area (Å²) in [7, 11) is -3.85. The lowest BCUT2D eigenvalue weighted by Gasteiger charge is -2.23. The van der Waals surface area contributed by atoms with Crippen molar-refractivity contribution < 1.29 is 26.7 Å². The Morgan fingerprint density at radius 3 is 2.67 bits per heavy atom. The van der Waals surface area contributed by atoms with E-state index in [1.54, 1.807) is 24.3 Å². The molecule has 2 atom stereocenters. The molecule has 36 heavy (non-hydrogen) atoms. The molecule has 0 unspecified atom stereocenters. The minimum Gasteiger partial charge on any atom is -0.445 e. The summed E-state index contributed by atoms with van der Waals surface area (Å²) in [4.78, 5) is 13.7. The molecule has 1 saturated carbocycles. The van der Waals surface area contributed by atoms with Crippen LogP contribution in [0.4, 0.5) is 13.6 Å². The molecule has 3 aromatic rings. The molecule has 2 aliphatic rings. The molecule has 2 fully saturated rings. The number of hydrogen-bond acceptors (Lipinski definition) is 5. The van der Waals surface area contributed by atoms with Gasteiger partial charge < -0.3 is 4.74 Å². The van der Waals surface area contributed by atoms with Crippen molar-refractivity contribution >= 4 is 38.6 Å². The van der Waals surface area contributed by atoms with Crippen LogP contribution in [0.3, 0.4) is 0 Å². The highest BCUT2D eigenvalue weighted by Gasteiger charge is 2.43. The number of nitrogens with zero attached hydrogens (tertiary/aromatic N) is 3. The number of sulfonamides is 1. The summed E-state index contributed by atoms with van der Waals surface area (Å²) in [5.41, 5.74) is 0.656. The second-order valence-electron chi connectivity index (χ2n) is 9.58. The fraction of sp³-hybridized carbons (Fsp3) is 0.417. The van der Waals surface area contributed by atoms with Crippen LogP contribution in [0, 0.1) is 0 Å². The Hall–Kier alpha value is -2.76. The first-order chi connectivity index (χ1) is 17.1. The molecule has 1 N–H and O–H groups in total. The maximum absolute atomic E-state index is 13.9. The number of alkyl halides is 2. The van der Waals surface area contributed by atoms with E-state index in [4.69, 9.17) is 16.3 Å². The topological polar surface area (TPSA) is 93.5 Å². The summed E-state index contributed by atoms with van der Waals surface area (Å²) >= 11 is 6.38. The van der Waals surface area contributed by atoms with Crippen molar-refractivity contribution in [3.05, 3.63) is 59.2 Å². The summed E-state index contributed by atoms with van der Waals surface area (Å²) in [5, 5.41) is 5.00. The van der Waals surface area contributed by atoms with Crippen LogP contribution in [0.5, 0.6) is 0 Å². The van der Waals surface area contributed by atoms with E-state index in [2.05, 4.69) is 9.82 Å². The van der Waals surface area contributed by atoms with Crippen molar-refractivity contribution in [3.63, 3.8) is 0 Å². The van der Waals surface area contributed by atoms with Crippen LogP contribution in [0.1, 0.15) is 37.8 Å². The number of amides is 1. The van der Waals surface area contributed by atoms with Crippen LogP contribution < -0.4 is 4.72 Å². The Balaban J connectivity index is 1.41. The summed E-state index contributed by atoms with van der Waals surface area (Å²) in [5.74, 6) is 0. The highest BCUT2D eigenvalue weighted by atomic mass is 35.5. The number of ether oxygens (including phenoxy) is 1. The number of aromatic nitrogens is 2. The number of hydrogen-bond donors (Lipinski definition) is 1. The Bertz CT molecular complexity index is 1400. The Morgan fingerprint density at radius 2 is 2.00 bits per heavy atom. The van der Waals surface area contributed by atoms with Crippen molar-refractivity contribution in [2.75, 3.05) is 6.54 Å². The van der Waals surface area contributed by atoms with E-state index >= 15 is 0 Å². The highest BCUT2D eigenvalue weighted by molar-refractivity contribution is 7.89. The second kappa shape index (κ2) is 9.28. The van der Waals surface area contributed by atoms with Gasteiger partial charge in [0.2, 0.25) is 10.0 Å². The van der Waals surface area contributed by atoms with Gasteiger partial charge in [-0.2, -0.15) is 5.10 Å². The zero-order chi connectivity index (χ0) is 25.7. The molecule has 5 rings (SSSR count). The molecular formula is C24H25ClF2N4O4S. The molecule has 12 heteroatoms. The number of likely N-dealkylation sites (tertiary alicyclic amines) is 1. The molecule has 1 amide bonds. The zero-order valence-corrected chi connectivity index (χ0v) is 21.0. The van der Waals surface area contributed by atoms with Gasteiger partial charge in [-0.3, -0.25) is 9.58 Å². The molecule has 0 radical (unpaired) electrons. The molecule has 2 heterocycles. The number of nitrogens with one attached hydrogen (secondary N) is 1. The third kappa shape index (κ3) is 4.91. The summed E-state index contributed by atoms with van der Waals surface area (Å²) in [6, 6.07) is 9.76. The Labute approximate surface area is 212 Å². The van der Waals surface area contributed by atoms with E-state index < -0.39 is 40.2 Å². The average Bonchev–Trinajstić information content (AvgIpc) is 3.23. The first kappa shape index (κ1) is 24.9. The lowest BCUT2D eigenvalue weighted by atomic mass is 10.1. The van der Waals surface area contributed by atoms with Gasteiger partial charge in [-0.1, -0.05) is 41.9 Å². The van der Waals surface area contributed by atoms with Crippen molar-refractivity contribution in [3.8, 4) is 0 Å². The molecule has 1 aliphatic heterocycles. The van der Waals surface area contributed by atoms with E-state index in [0.717, 1.165) is 23.3 Å². The SMILES string of the molecule is CC1(NS(=O)(=O)c2cc(Cl)c3cnn([C@@H]4C[C@@H](C(F)F)N(C(=O)OCc5ccccc5)C4)c3c2)CC1. The standard InChI is InChI=1S/C24H25ClF2N4O4S/c1-24(7-8-24)29-36(33,34)17-10-19(25)18-12-28-31(20(18)11-17)16-9-21(22(26)27)30(13-16)23(32)35-14-15-5-3-2-4-6-15/h2-6,10-12,16,21-22,29H,7-9,13-14H2,1H3/t16-,21+/m1/s1. The molecule has 8 nitrogen and oxygen atoms in total. The number of halogens is 3. The molecule has 1 aliphatic carbocycles. The molecule has 0 bridgehead atoms. The normalized spacial score (nSPS) is 21.3. The highest BCUT2D eigenvalue weighted by Crippen LogP contribution is 2.38. The van der Waals surface area contributed by atoms with Gasteiger partial charge >= 0.3 is 6.09 Å². The number of carbonyl (C=O) groups excluding carboxylic acids is 1. The maximum Gasteiger partial charge on any atom is 0.410 e. The summed E-state index contributed by atoms with van der Waals surface area (Å²) in [6.07, 6.45) is -0.742. The van der Waals surface area contributed by atoms with Crippen molar-refractivity contribution in [1.29, 1.82) is 0 Å². The molecule has 2 aromatic carbocycles. The van der Waals surface area contributed by atoms with Crippen LogP contribution in [-0.4, -0.2) is 53.7 Å². The lowest BCUT2D eigenvalue weighted by molar-refractivity contribution is 0.0322. The van der Waals surface area contributed by atoms with Crippen LogP contribution >= 0.6 is 11.6 Å². The fourth-order valence-corrected chi connectivity index (χ4v) is 6.31. The van der Waals surface area contributed by atoms with Crippen molar-refractivity contribution in [2.24, 2.45) is 0 Å². The molecular weight excluding hydrogens is 514 g/mol. The van der Waals surface area contributed by atoms with Gasteiger partial charge in [0, 0.05) is 17.5 Å². The van der Waals surface area contributed by atoms with E-state index in [9.17, 15) is 22.0 Å². The summed E-state index contributed by atoms with van der Waals surface area (Å²) in [6.45, 7) is 1.72. The van der Waals surface area contributed by atoms with E-state index in [1.807, 2.05) is 13.0 Å². The number of carbonyl (C=O) groups is 1. The summed E-state index contributed by atoms with van der Waals surface area (Å²) < 4.78 is 63.1. The minimum atomic E-state index is -3.85. The van der Waals surface area contributed by atoms with Gasteiger partial charge in [-0.15, -0.1) is 0 Å². The van der Waals surface area contributed by atoms with Crippen LogP contribution in [0.15, 0.2) is 53.6 Å². The zero-order valence-electron chi connectivity index (χ0n) is 19.4. The smallest absolute Gasteiger partial charge is 0.410 e. The number of fused-ring (bicyclic) bond motifs is 1. The van der Waals surface area contributed by atoms with E-state index in [-0.39, 0.29) is 29.5 Å². The van der Waals surface area contributed by atoms with Gasteiger partial charge in [0.05, 0.1) is 33.7 Å². The Morgan fingerprint density at radius 1 is 1.28 bits per heavy atom. The predicted molar refractivity (Wildman–Crippen MR) is 129 cm³/mol. The monoisotopic (exact) mass is 538 g/mol. The first-order valence-electron chi connectivity index (χ1n) is 11.5. The minimum absolute atomic E-state index is 0.0302. The maximum atomic E-state index is 13.9. The molecule has 1 saturated heterocycles. The van der Waals surface area contributed by atoms with E-state index in [1.165, 1.54) is 23.0 Å². The van der Waals surface area contributed by atoms with Crippen molar-refractivity contribution in [2.45, 2.75) is 61.7 Å². The van der Waals surface area contributed by atoms with E-state index in [0.29, 0.717) is 10.9 Å². The number of benzene rings is 2. The van der Waals surface area contributed by atoms with Gasteiger partial charge in [0.25, 0.3) is 6.43 Å². The lowest BCUT2D eigenvalue weighted by Crippen LogP contribution is -2.40.